The second-order valence-electron chi connectivity index (χ2n) is 4.06. The standard InChI is InChI=1S/C14H12N2O/c1-9-3-2-4-12-13(9)16-14(17-12)10-5-7-11(15)8-6-10/h2-8H,15H2,1H3. The first-order valence-electron chi connectivity index (χ1n) is 5.46. The minimum Gasteiger partial charge on any atom is -0.436 e. The van der Waals surface area contributed by atoms with Gasteiger partial charge in [-0.25, -0.2) is 4.98 Å². The maximum atomic E-state index is 5.72. The molecule has 1 aromatic heterocycles. The van der Waals surface area contributed by atoms with Crippen molar-refractivity contribution in [3.05, 3.63) is 48.0 Å². The summed E-state index contributed by atoms with van der Waals surface area (Å²) in [6, 6.07) is 13.4. The summed E-state index contributed by atoms with van der Waals surface area (Å²) in [5.74, 6) is 0.634. The maximum absolute atomic E-state index is 5.72. The number of hydrogen-bond donors (Lipinski definition) is 1. The first-order valence-corrected chi connectivity index (χ1v) is 5.46. The molecule has 1 heterocycles. The van der Waals surface area contributed by atoms with Crippen LogP contribution in [0.3, 0.4) is 0 Å². The van der Waals surface area contributed by atoms with Crippen molar-refractivity contribution in [2.45, 2.75) is 6.92 Å². The fraction of sp³-hybridized carbons (Fsp3) is 0.0714. The van der Waals surface area contributed by atoms with Gasteiger partial charge in [0.1, 0.15) is 5.52 Å². The molecule has 0 saturated carbocycles. The molecule has 0 radical (unpaired) electrons. The quantitative estimate of drug-likeness (QED) is 0.644. The predicted octanol–water partition coefficient (Wildman–Crippen LogP) is 3.39. The lowest BCUT2D eigenvalue weighted by molar-refractivity contribution is 0.620. The van der Waals surface area contributed by atoms with Crippen molar-refractivity contribution in [1.82, 2.24) is 4.98 Å². The van der Waals surface area contributed by atoms with Crippen molar-refractivity contribution in [2.24, 2.45) is 0 Å². The molecule has 0 saturated heterocycles. The summed E-state index contributed by atoms with van der Waals surface area (Å²) < 4.78 is 5.72. The van der Waals surface area contributed by atoms with Gasteiger partial charge in [-0.2, -0.15) is 0 Å². The minimum atomic E-state index is 0.634. The van der Waals surface area contributed by atoms with Crippen molar-refractivity contribution in [1.29, 1.82) is 0 Å². The third-order valence-corrected chi connectivity index (χ3v) is 2.78. The molecule has 0 amide bonds. The van der Waals surface area contributed by atoms with Crippen LogP contribution in [0.1, 0.15) is 5.56 Å². The molecule has 3 aromatic rings. The molecule has 0 aliphatic heterocycles. The zero-order valence-corrected chi connectivity index (χ0v) is 9.47. The Labute approximate surface area is 98.9 Å². The molecule has 17 heavy (non-hydrogen) atoms. The number of fused-ring (bicyclic) bond motifs is 1. The van der Waals surface area contributed by atoms with Crippen LogP contribution in [-0.4, -0.2) is 4.98 Å². The number of nitrogens with two attached hydrogens (primary N) is 1. The molecule has 0 aliphatic carbocycles. The first kappa shape index (κ1) is 9.90. The van der Waals surface area contributed by atoms with Crippen molar-refractivity contribution < 1.29 is 4.42 Å². The van der Waals surface area contributed by atoms with E-state index in [0.717, 1.165) is 27.9 Å². The third-order valence-electron chi connectivity index (χ3n) is 2.78. The number of aromatic nitrogens is 1. The Kier molecular flexibility index (Phi) is 2.11. The van der Waals surface area contributed by atoms with Crippen molar-refractivity contribution in [2.75, 3.05) is 5.73 Å². The Bertz CT molecular complexity index is 668. The molecule has 0 bridgehead atoms. The first-order chi connectivity index (χ1) is 8.24. The molecule has 2 N–H and O–H groups in total. The van der Waals surface area contributed by atoms with Crippen LogP contribution in [0.2, 0.25) is 0 Å². The smallest absolute Gasteiger partial charge is 0.227 e. The van der Waals surface area contributed by atoms with E-state index < -0.39 is 0 Å². The monoisotopic (exact) mass is 224 g/mol. The molecule has 3 heteroatoms. The van der Waals surface area contributed by atoms with E-state index >= 15 is 0 Å². The van der Waals surface area contributed by atoms with Crippen LogP contribution in [0.5, 0.6) is 0 Å². The minimum absolute atomic E-state index is 0.634. The summed E-state index contributed by atoms with van der Waals surface area (Å²) in [5.41, 5.74) is 10.2. The highest BCUT2D eigenvalue weighted by Crippen LogP contribution is 2.26. The molecule has 84 valence electrons. The van der Waals surface area contributed by atoms with E-state index in [4.69, 9.17) is 10.2 Å². The lowest BCUT2D eigenvalue weighted by Gasteiger charge is -1.95. The van der Waals surface area contributed by atoms with Gasteiger partial charge in [0.25, 0.3) is 0 Å². The van der Waals surface area contributed by atoms with E-state index in [1.807, 2.05) is 49.4 Å². The van der Waals surface area contributed by atoms with Gasteiger partial charge in [-0.3, -0.25) is 0 Å². The van der Waals surface area contributed by atoms with Crippen LogP contribution in [0.25, 0.3) is 22.6 Å². The zero-order valence-electron chi connectivity index (χ0n) is 9.47. The van der Waals surface area contributed by atoms with Crippen LogP contribution in [0, 0.1) is 6.92 Å². The molecular formula is C14H12N2O. The van der Waals surface area contributed by atoms with Crippen LogP contribution in [0.4, 0.5) is 5.69 Å². The molecular weight excluding hydrogens is 212 g/mol. The van der Waals surface area contributed by atoms with E-state index in [0.29, 0.717) is 5.89 Å². The largest absolute Gasteiger partial charge is 0.436 e. The summed E-state index contributed by atoms with van der Waals surface area (Å²) >= 11 is 0. The van der Waals surface area contributed by atoms with E-state index in [1.54, 1.807) is 0 Å². The number of benzene rings is 2. The summed E-state index contributed by atoms with van der Waals surface area (Å²) in [6.45, 7) is 2.03. The molecule has 0 unspecified atom stereocenters. The summed E-state index contributed by atoms with van der Waals surface area (Å²) in [7, 11) is 0. The van der Waals surface area contributed by atoms with E-state index in [9.17, 15) is 0 Å². The highest BCUT2D eigenvalue weighted by Gasteiger charge is 2.08. The number of rotatable bonds is 1. The van der Waals surface area contributed by atoms with Gasteiger partial charge < -0.3 is 10.2 Å². The van der Waals surface area contributed by atoms with Crippen LogP contribution < -0.4 is 5.73 Å². The lowest BCUT2D eigenvalue weighted by atomic mass is 10.2. The molecule has 2 aromatic carbocycles. The third kappa shape index (κ3) is 1.65. The lowest BCUT2D eigenvalue weighted by Crippen LogP contribution is -1.83. The van der Waals surface area contributed by atoms with Gasteiger partial charge in [0.2, 0.25) is 5.89 Å². The Morgan fingerprint density at radius 1 is 1.06 bits per heavy atom. The summed E-state index contributed by atoms with van der Waals surface area (Å²) in [4.78, 5) is 4.50. The van der Waals surface area contributed by atoms with Crippen LogP contribution in [0.15, 0.2) is 46.9 Å². The average Bonchev–Trinajstić information content (AvgIpc) is 2.75. The summed E-state index contributed by atoms with van der Waals surface area (Å²) in [6.07, 6.45) is 0. The van der Waals surface area contributed by atoms with Crippen LogP contribution in [-0.2, 0) is 0 Å². The highest BCUT2D eigenvalue weighted by atomic mass is 16.3. The number of nitrogens with zero attached hydrogens (tertiary/aromatic N) is 1. The van der Waals surface area contributed by atoms with Gasteiger partial charge in [0.05, 0.1) is 0 Å². The number of nitrogen functional groups attached to an aromatic ring is 1. The van der Waals surface area contributed by atoms with E-state index in [2.05, 4.69) is 4.98 Å². The van der Waals surface area contributed by atoms with Gasteiger partial charge in [-0.05, 0) is 42.8 Å². The fourth-order valence-electron chi connectivity index (χ4n) is 1.84. The number of hydrogen-bond acceptors (Lipinski definition) is 3. The predicted molar refractivity (Wildman–Crippen MR) is 68.6 cm³/mol. The van der Waals surface area contributed by atoms with Crippen molar-refractivity contribution in [3.8, 4) is 11.5 Å². The van der Waals surface area contributed by atoms with Gasteiger partial charge in [-0.15, -0.1) is 0 Å². The van der Waals surface area contributed by atoms with E-state index in [-0.39, 0.29) is 0 Å². The molecule has 3 rings (SSSR count). The topological polar surface area (TPSA) is 52.0 Å². The van der Waals surface area contributed by atoms with E-state index in [1.165, 1.54) is 0 Å². The molecule has 0 aliphatic rings. The molecule has 0 fully saturated rings. The maximum Gasteiger partial charge on any atom is 0.227 e. The normalized spacial score (nSPS) is 10.9. The molecule has 0 spiro atoms. The fourth-order valence-corrected chi connectivity index (χ4v) is 1.84. The molecule has 0 atom stereocenters. The summed E-state index contributed by atoms with van der Waals surface area (Å²) in [5, 5.41) is 0. The van der Waals surface area contributed by atoms with Gasteiger partial charge in [0.15, 0.2) is 5.58 Å². The van der Waals surface area contributed by atoms with Gasteiger partial charge >= 0.3 is 0 Å². The SMILES string of the molecule is Cc1cccc2oc(-c3ccc(N)cc3)nc12. The Hall–Kier alpha value is -2.29. The number of para-hydroxylation sites is 1. The van der Waals surface area contributed by atoms with Gasteiger partial charge in [-0.1, -0.05) is 12.1 Å². The zero-order chi connectivity index (χ0) is 11.8. The molecule has 3 nitrogen and oxygen atoms in total. The van der Waals surface area contributed by atoms with Crippen molar-refractivity contribution >= 4 is 16.8 Å². The Balaban J connectivity index is 2.18. The highest BCUT2D eigenvalue weighted by molar-refractivity contribution is 5.79. The van der Waals surface area contributed by atoms with Crippen LogP contribution >= 0.6 is 0 Å². The van der Waals surface area contributed by atoms with Crippen molar-refractivity contribution in [3.63, 3.8) is 0 Å². The second kappa shape index (κ2) is 3.63. The Morgan fingerprint density at radius 3 is 2.53 bits per heavy atom. The average molecular weight is 224 g/mol. The van der Waals surface area contributed by atoms with Gasteiger partial charge in [0, 0.05) is 11.3 Å². The number of oxazole rings is 1. The Morgan fingerprint density at radius 2 is 1.82 bits per heavy atom. The number of aryl methyl sites for hydroxylation is 1. The number of anilines is 1. The second-order valence-corrected chi connectivity index (χ2v) is 4.06.